The molecule has 2 aromatic rings. The molecule has 0 amide bonds. The standard InChI is InChI=1S/C22H18O4/c1-15-7-9-19-17(13-21-20(10-8-15)24-11-12-25-21)22(23)18(14-26-19)16-5-3-2-4-6-16/h2-10,14H,1,11-13H2/b9-7-,10-8-. The largest absolute Gasteiger partial charge is 0.490 e. The van der Waals surface area contributed by atoms with Crippen molar-refractivity contribution in [1.82, 2.24) is 0 Å². The van der Waals surface area contributed by atoms with Crippen molar-refractivity contribution in [2.75, 3.05) is 13.2 Å². The maximum absolute atomic E-state index is 13.2. The molecule has 0 fully saturated rings. The molecule has 0 saturated carbocycles. The molecule has 1 aliphatic heterocycles. The van der Waals surface area contributed by atoms with Gasteiger partial charge in [0.05, 0.1) is 11.1 Å². The van der Waals surface area contributed by atoms with Gasteiger partial charge in [-0.25, -0.2) is 0 Å². The smallest absolute Gasteiger partial charge is 0.196 e. The Balaban J connectivity index is 1.89. The van der Waals surface area contributed by atoms with Crippen molar-refractivity contribution in [3.8, 4) is 11.1 Å². The molecule has 4 heteroatoms. The zero-order valence-electron chi connectivity index (χ0n) is 14.2. The highest BCUT2D eigenvalue weighted by Crippen LogP contribution is 2.25. The predicted molar refractivity (Wildman–Crippen MR) is 100 cm³/mol. The van der Waals surface area contributed by atoms with Gasteiger partial charge in [-0.1, -0.05) is 49.1 Å². The fourth-order valence-electron chi connectivity index (χ4n) is 2.97. The Morgan fingerprint density at radius 2 is 1.69 bits per heavy atom. The lowest BCUT2D eigenvalue weighted by molar-refractivity contribution is 0.0665. The number of benzene rings is 1. The average Bonchev–Trinajstić information content (AvgIpc) is 2.68. The highest BCUT2D eigenvalue weighted by Gasteiger charge is 2.21. The van der Waals surface area contributed by atoms with E-state index in [9.17, 15) is 4.79 Å². The van der Waals surface area contributed by atoms with Gasteiger partial charge < -0.3 is 13.9 Å². The van der Waals surface area contributed by atoms with Crippen molar-refractivity contribution in [2.24, 2.45) is 0 Å². The molecule has 4 nitrogen and oxygen atoms in total. The van der Waals surface area contributed by atoms with Crippen LogP contribution >= 0.6 is 0 Å². The van der Waals surface area contributed by atoms with Gasteiger partial charge >= 0.3 is 0 Å². The van der Waals surface area contributed by atoms with E-state index >= 15 is 0 Å². The predicted octanol–water partition coefficient (Wildman–Crippen LogP) is 4.25. The van der Waals surface area contributed by atoms with E-state index in [0.717, 1.165) is 11.1 Å². The molecule has 26 heavy (non-hydrogen) atoms. The molecule has 0 saturated heterocycles. The first-order valence-electron chi connectivity index (χ1n) is 8.46. The van der Waals surface area contributed by atoms with Crippen LogP contribution in [0.25, 0.3) is 17.2 Å². The summed E-state index contributed by atoms with van der Waals surface area (Å²) in [5.74, 6) is 1.77. The molecule has 4 rings (SSSR count). The average molecular weight is 346 g/mol. The van der Waals surface area contributed by atoms with E-state index in [1.54, 1.807) is 6.08 Å². The first-order chi connectivity index (χ1) is 12.7. The molecular formula is C22H18O4. The third kappa shape index (κ3) is 3.14. The summed E-state index contributed by atoms with van der Waals surface area (Å²) in [5.41, 5.74) is 2.60. The Morgan fingerprint density at radius 3 is 2.54 bits per heavy atom. The molecule has 2 heterocycles. The highest BCUT2D eigenvalue weighted by atomic mass is 16.6. The van der Waals surface area contributed by atoms with Crippen molar-refractivity contribution in [3.05, 3.63) is 100 Å². The Hall–Kier alpha value is -3.27. The maximum Gasteiger partial charge on any atom is 0.196 e. The molecule has 0 spiro atoms. The highest BCUT2D eigenvalue weighted by molar-refractivity contribution is 5.65. The van der Waals surface area contributed by atoms with Crippen LogP contribution < -0.4 is 5.43 Å². The SMILES string of the molecule is C=C1/C=C\C2=C(Cc3c(occ(-c4ccccc4)c3=O)/C=C\1)OCCO2. The van der Waals surface area contributed by atoms with E-state index in [0.29, 0.717) is 48.0 Å². The van der Waals surface area contributed by atoms with Crippen LogP contribution in [-0.4, -0.2) is 13.2 Å². The number of rotatable bonds is 1. The number of hydrogen-bond donors (Lipinski definition) is 0. The normalized spacial score (nSPS) is 18.8. The zero-order chi connectivity index (χ0) is 17.9. The lowest BCUT2D eigenvalue weighted by Gasteiger charge is -2.21. The lowest BCUT2D eigenvalue weighted by Crippen LogP contribution is -2.19. The van der Waals surface area contributed by atoms with Gasteiger partial charge in [0.1, 0.15) is 31.0 Å². The topological polar surface area (TPSA) is 48.7 Å². The quantitative estimate of drug-likeness (QED) is 0.775. The Bertz CT molecular complexity index is 991. The summed E-state index contributed by atoms with van der Waals surface area (Å²) in [4.78, 5) is 13.2. The third-order valence-corrected chi connectivity index (χ3v) is 4.33. The monoisotopic (exact) mass is 346 g/mol. The van der Waals surface area contributed by atoms with Gasteiger partial charge in [0.2, 0.25) is 0 Å². The second-order valence-corrected chi connectivity index (χ2v) is 6.09. The van der Waals surface area contributed by atoms with Crippen LogP contribution in [0.4, 0.5) is 0 Å². The van der Waals surface area contributed by atoms with E-state index < -0.39 is 0 Å². The molecule has 0 N–H and O–H groups in total. The van der Waals surface area contributed by atoms with E-state index in [4.69, 9.17) is 13.9 Å². The van der Waals surface area contributed by atoms with Crippen LogP contribution in [0.1, 0.15) is 11.3 Å². The summed E-state index contributed by atoms with van der Waals surface area (Å²) in [5, 5.41) is 0. The van der Waals surface area contributed by atoms with Gasteiger partial charge in [0.15, 0.2) is 11.2 Å². The minimum absolute atomic E-state index is 0.0710. The summed E-state index contributed by atoms with van der Waals surface area (Å²) in [7, 11) is 0. The lowest BCUT2D eigenvalue weighted by atomic mass is 10.0. The number of ether oxygens (including phenoxy) is 2. The van der Waals surface area contributed by atoms with Crippen LogP contribution in [0, 0.1) is 0 Å². The summed E-state index contributed by atoms with van der Waals surface area (Å²) in [6.45, 7) is 4.92. The van der Waals surface area contributed by atoms with Crippen LogP contribution in [0.2, 0.25) is 0 Å². The van der Waals surface area contributed by atoms with E-state index in [2.05, 4.69) is 6.58 Å². The van der Waals surface area contributed by atoms with Crippen LogP contribution in [-0.2, 0) is 15.9 Å². The Morgan fingerprint density at radius 1 is 0.923 bits per heavy atom. The molecule has 1 aromatic heterocycles. The van der Waals surface area contributed by atoms with Crippen LogP contribution in [0.15, 0.2) is 87.7 Å². The molecule has 2 aliphatic rings. The molecular weight excluding hydrogens is 328 g/mol. The van der Waals surface area contributed by atoms with Gasteiger partial charge in [-0.2, -0.15) is 0 Å². The molecule has 0 radical (unpaired) electrons. The molecule has 1 aromatic carbocycles. The van der Waals surface area contributed by atoms with Crippen LogP contribution in [0.3, 0.4) is 0 Å². The number of hydrogen-bond acceptors (Lipinski definition) is 4. The summed E-state index contributed by atoms with van der Waals surface area (Å²) in [6.07, 6.45) is 9.09. The zero-order valence-corrected chi connectivity index (χ0v) is 14.2. The molecule has 0 unspecified atom stereocenters. The van der Waals surface area contributed by atoms with Crippen molar-refractivity contribution in [3.63, 3.8) is 0 Å². The third-order valence-electron chi connectivity index (χ3n) is 4.33. The Labute approximate surface area is 151 Å². The first-order valence-corrected chi connectivity index (χ1v) is 8.46. The minimum atomic E-state index is -0.0710. The summed E-state index contributed by atoms with van der Waals surface area (Å²) >= 11 is 0. The van der Waals surface area contributed by atoms with Gasteiger partial charge in [-0.05, 0) is 23.3 Å². The van der Waals surface area contributed by atoms with Gasteiger partial charge in [-0.15, -0.1) is 0 Å². The van der Waals surface area contributed by atoms with Crippen molar-refractivity contribution in [2.45, 2.75) is 6.42 Å². The van der Waals surface area contributed by atoms with E-state index in [1.807, 2.05) is 48.6 Å². The first kappa shape index (κ1) is 16.2. The van der Waals surface area contributed by atoms with Gasteiger partial charge in [-0.3, -0.25) is 4.79 Å². The van der Waals surface area contributed by atoms with Crippen molar-refractivity contribution < 1.29 is 13.9 Å². The molecule has 0 bridgehead atoms. The molecule has 130 valence electrons. The Kier molecular flexibility index (Phi) is 4.32. The van der Waals surface area contributed by atoms with Gasteiger partial charge in [0, 0.05) is 6.42 Å². The van der Waals surface area contributed by atoms with Crippen molar-refractivity contribution in [1.29, 1.82) is 0 Å². The minimum Gasteiger partial charge on any atom is -0.490 e. The molecule has 0 atom stereocenters. The fourth-order valence-corrected chi connectivity index (χ4v) is 2.97. The van der Waals surface area contributed by atoms with Crippen molar-refractivity contribution >= 4 is 6.08 Å². The van der Waals surface area contributed by atoms with E-state index in [1.165, 1.54) is 6.26 Å². The van der Waals surface area contributed by atoms with Crippen LogP contribution in [0.5, 0.6) is 0 Å². The fraction of sp³-hybridized carbons (Fsp3) is 0.136. The maximum atomic E-state index is 13.2. The van der Waals surface area contributed by atoms with E-state index in [-0.39, 0.29) is 5.43 Å². The summed E-state index contributed by atoms with van der Waals surface area (Å²) < 4.78 is 17.3. The number of allylic oxidation sites excluding steroid dienone is 5. The number of fused-ring (bicyclic) bond motifs is 1. The molecule has 1 aliphatic carbocycles. The second-order valence-electron chi connectivity index (χ2n) is 6.09. The van der Waals surface area contributed by atoms with Gasteiger partial charge in [0.25, 0.3) is 0 Å². The summed E-state index contributed by atoms with van der Waals surface area (Å²) in [6, 6.07) is 9.49. The second kappa shape index (κ2) is 6.92.